The van der Waals surface area contributed by atoms with Crippen molar-refractivity contribution in [1.29, 1.82) is 26.3 Å². The lowest BCUT2D eigenvalue weighted by molar-refractivity contribution is -0.238. The highest BCUT2D eigenvalue weighted by atomic mass is 16.6. The number of hydrogen-bond donors (Lipinski definition) is 0. The van der Waals surface area contributed by atoms with Gasteiger partial charge in [0.15, 0.2) is 0 Å². The molecule has 0 heterocycles. The van der Waals surface area contributed by atoms with E-state index in [4.69, 9.17) is 47.4 Å². The molecular weight excluding hydrogens is 1290 g/mol. The Hall–Kier alpha value is -11.6. The average Bonchev–Trinajstić information content (AvgIpc) is 0.785. The second-order valence-corrected chi connectivity index (χ2v) is 22.6. The maximum atomic E-state index is 12.5. The molecule has 0 saturated heterocycles. The van der Waals surface area contributed by atoms with E-state index in [-0.39, 0.29) is 101 Å². The van der Waals surface area contributed by atoms with Gasteiger partial charge < -0.3 is 71.9 Å². The molecule has 5 aromatic carbocycles. The van der Waals surface area contributed by atoms with Gasteiger partial charge in [-0.15, -0.1) is 0 Å². The first-order valence-electron chi connectivity index (χ1n) is 32.3. The third-order valence-electron chi connectivity index (χ3n) is 15.5. The predicted molar refractivity (Wildman–Crippen MR) is 379 cm³/mol. The highest BCUT2D eigenvalue weighted by Crippen LogP contribution is 2.35. The maximum Gasteiger partial charge on any atom is 0.348 e. The quantitative estimate of drug-likeness (QED) is 0.0120. The number of hydrogen-bond acceptors (Lipinski definition) is 25. The van der Waals surface area contributed by atoms with Gasteiger partial charge >= 0.3 is 29.8 Å². The van der Waals surface area contributed by atoms with Gasteiger partial charge in [-0.1, -0.05) is 60.7 Å². The standard InChI is InChI=1S/C76H82N10O15/c1-11-92-72(87)57(42-77)36-52-16-26-62(27-17-52)82(6)47-97-67-41-68(98-48-83(7)63-28-18-53(19-29-63)37-58(43-78)73(88)93-12-2)70(100-50-85(9)65-32-22-55(23-33-65)39-60(45-80)75(90)95-14-4)71(101-51-86(10)66-34-24-56(25-35-66)40-61(46-81)76(91)96-15-5)69(67)99-49-84(8)64-30-20-54(21-31-64)38-59(44-79)74(89)94-13-3/h16-40,67-71H,11-15,41,47-51H2,1-10H3/b57-36+,58-37+,59-38-,60-39-,61-40-. The molecule has 1 aliphatic rings. The lowest BCUT2D eigenvalue weighted by Crippen LogP contribution is -2.62. The van der Waals surface area contributed by atoms with Gasteiger partial charge in [-0.3, -0.25) is 0 Å². The van der Waals surface area contributed by atoms with Gasteiger partial charge in [0.25, 0.3) is 0 Å². The molecule has 0 radical (unpaired) electrons. The van der Waals surface area contributed by atoms with Crippen LogP contribution in [-0.4, -0.2) is 162 Å². The maximum absolute atomic E-state index is 12.5. The molecular formula is C76H82N10O15. The minimum absolute atomic E-state index is 0.0173. The van der Waals surface area contributed by atoms with Gasteiger partial charge in [0.1, 0.15) is 110 Å². The molecule has 101 heavy (non-hydrogen) atoms. The van der Waals surface area contributed by atoms with E-state index in [1.54, 1.807) is 107 Å². The minimum Gasteiger partial charge on any atom is -0.462 e. The van der Waals surface area contributed by atoms with E-state index >= 15 is 0 Å². The summed E-state index contributed by atoms with van der Waals surface area (Å²) in [5, 5.41) is 48.8. The van der Waals surface area contributed by atoms with Gasteiger partial charge in [0, 0.05) is 70.1 Å². The van der Waals surface area contributed by atoms with E-state index in [2.05, 4.69) is 0 Å². The van der Waals surface area contributed by atoms with Crippen LogP contribution in [0.25, 0.3) is 30.4 Å². The van der Waals surface area contributed by atoms with Gasteiger partial charge in [0.2, 0.25) is 0 Å². The second-order valence-electron chi connectivity index (χ2n) is 22.6. The highest BCUT2D eigenvalue weighted by Gasteiger charge is 2.49. The summed E-state index contributed by atoms with van der Waals surface area (Å²) < 4.78 is 60.8. The molecule has 0 N–H and O–H groups in total. The number of nitriles is 5. The Morgan fingerprint density at radius 3 is 0.673 bits per heavy atom. The van der Waals surface area contributed by atoms with E-state index in [0.29, 0.717) is 56.3 Å². The van der Waals surface area contributed by atoms with Gasteiger partial charge in [-0.25, -0.2) is 24.0 Å². The van der Waals surface area contributed by atoms with Gasteiger partial charge in [-0.2, -0.15) is 26.3 Å². The monoisotopic (exact) mass is 1370 g/mol. The molecule has 4 atom stereocenters. The van der Waals surface area contributed by atoms with Crippen LogP contribution in [0.4, 0.5) is 28.4 Å². The summed E-state index contributed by atoms with van der Waals surface area (Å²) in [6.45, 7) is 8.55. The number of anilines is 5. The second kappa shape index (κ2) is 40.3. The van der Waals surface area contributed by atoms with Crippen LogP contribution in [0, 0.1) is 56.7 Å². The summed E-state index contributed by atoms with van der Waals surface area (Å²) in [6, 6.07) is 45.2. The van der Waals surface area contributed by atoms with Crippen molar-refractivity contribution in [2.45, 2.75) is 71.6 Å². The first-order valence-corrected chi connectivity index (χ1v) is 32.3. The Bertz CT molecular complexity index is 3800. The highest BCUT2D eigenvalue weighted by molar-refractivity contribution is 6.00. The van der Waals surface area contributed by atoms with Crippen LogP contribution in [0.15, 0.2) is 149 Å². The summed E-state index contributed by atoms with van der Waals surface area (Å²) >= 11 is 0. The summed E-state index contributed by atoms with van der Waals surface area (Å²) in [6.07, 6.45) is 2.79. The Morgan fingerprint density at radius 1 is 0.317 bits per heavy atom. The molecule has 1 aliphatic carbocycles. The van der Waals surface area contributed by atoms with Crippen LogP contribution in [0.5, 0.6) is 0 Å². The molecule has 5 aromatic rings. The van der Waals surface area contributed by atoms with E-state index < -0.39 is 60.4 Å². The molecule has 6 rings (SSSR count). The molecule has 0 spiro atoms. The number of nitrogens with zero attached hydrogens (tertiary/aromatic N) is 10. The van der Waals surface area contributed by atoms with E-state index in [0.717, 1.165) is 0 Å². The fourth-order valence-electron chi connectivity index (χ4n) is 10.1. The summed E-state index contributed by atoms with van der Waals surface area (Å²) in [7, 11) is 9.14. The zero-order valence-electron chi connectivity index (χ0n) is 58.2. The van der Waals surface area contributed by atoms with E-state index in [1.165, 1.54) is 30.4 Å². The number of rotatable bonds is 35. The smallest absolute Gasteiger partial charge is 0.348 e. The zero-order chi connectivity index (χ0) is 73.4. The third-order valence-corrected chi connectivity index (χ3v) is 15.5. The Morgan fingerprint density at radius 2 is 0.495 bits per heavy atom. The normalized spacial score (nSPS) is 16.1. The summed E-state index contributed by atoms with van der Waals surface area (Å²) in [4.78, 5) is 71.9. The fraction of sp³-hybridized carbons (Fsp3) is 0.342. The first kappa shape index (κ1) is 78.4. The van der Waals surface area contributed by atoms with Gasteiger partial charge in [0.05, 0.1) is 45.2 Å². The zero-order valence-corrected chi connectivity index (χ0v) is 58.2. The third kappa shape index (κ3) is 23.3. The van der Waals surface area contributed by atoms with Crippen LogP contribution >= 0.6 is 0 Å². The Balaban J connectivity index is 1.45. The first-order chi connectivity index (χ1) is 48.7. The average molecular weight is 1380 g/mol. The largest absolute Gasteiger partial charge is 0.462 e. The molecule has 0 aliphatic heterocycles. The molecule has 0 amide bonds. The van der Waals surface area contributed by atoms with Gasteiger partial charge in [-0.05, 0) is 153 Å². The number of carbonyl (C=O) groups is 5. The van der Waals surface area contributed by atoms with E-state index in [9.17, 15) is 50.3 Å². The van der Waals surface area contributed by atoms with Crippen molar-refractivity contribution >= 4 is 88.7 Å². The Kier molecular flexibility index (Phi) is 31.3. The van der Waals surface area contributed by atoms with Crippen molar-refractivity contribution < 1.29 is 71.3 Å². The number of esters is 5. The molecule has 0 bridgehead atoms. The number of benzene rings is 5. The molecule has 1 saturated carbocycles. The predicted octanol–water partition coefficient (Wildman–Crippen LogP) is 10.1. The number of ether oxygens (including phenoxy) is 10. The fourth-order valence-corrected chi connectivity index (χ4v) is 10.1. The van der Waals surface area contributed by atoms with Crippen molar-refractivity contribution in [2.24, 2.45) is 0 Å². The van der Waals surface area contributed by atoms with Crippen LogP contribution in [0.1, 0.15) is 68.9 Å². The van der Waals surface area contributed by atoms with Crippen molar-refractivity contribution in [1.82, 2.24) is 0 Å². The molecule has 526 valence electrons. The molecule has 25 heteroatoms. The summed E-state index contributed by atoms with van der Waals surface area (Å²) in [5.74, 6) is -3.70. The molecule has 4 unspecified atom stereocenters. The van der Waals surface area contributed by atoms with Crippen molar-refractivity contribution in [3.63, 3.8) is 0 Å². The number of carbonyl (C=O) groups excluding carboxylic acids is 5. The van der Waals surface area contributed by atoms with Crippen molar-refractivity contribution in [3.8, 4) is 30.3 Å². The van der Waals surface area contributed by atoms with Crippen LogP contribution < -0.4 is 24.5 Å². The minimum atomic E-state index is -1.03. The molecule has 25 nitrogen and oxygen atoms in total. The van der Waals surface area contributed by atoms with Crippen molar-refractivity contribution in [3.05, 3.63) is 177 Å². The molecule has 0 aromatic heterocycles. The SMILES string of the molecule is CCOC(=O)/C(C#N)=C\c1ccc(N(C)COC2C(OCN(C)c3ccc(/C=C(\C#N)C(=O)OCC)cc3)CC(OCN(C)c3ccc(/C=C(\C#N)C(=O)OCC)cc3)C(OCN(C)c3ccc(/C=C(/C#N)C(=O)OCC)cc3)C2OCN(C)c2ccc(/C=C(/C#N)C(=O)OCC)cc2)cc1. The topological polar surface area (TPSA) is 313 Å². The molecule has 1 fully saturated rings. The van der Waals surface area contributed by atoms with E-state index in [1.807, 2.05) is 139 Å². The lowest BCUT2D eigenvalue weighted by atomic mass is 9.86. The van der Waals surface area contributed by atoms with Crippen molar-refractivity contribution in [2.75, 3.05) is 126 Å². The Labute approximate surface area is 589 Å². The van der Waals surface area contributed by atoms with Crippen LogP contribution in [0.3, 0.4) is 0 Å². The summed E-state index contributed by atoms with van der Waals surface area (Å²) in [5.41, 5.74) is 5.58. The van der Waals surface area contributed by atoms with Crippen LogP contribution in [-0.2, 0) is 71.3 Å². The van der Waals surface area contributed by atoms with Crippen LogP contribution in [0.2, 0.25) is 0 Å². The lowest BCUT2D eigenvalue weighted by Gasteiger charge is -2.47.